The highest BCUT2D eigenvalue weighted by molar-refractivity contribution is 5.99. The molecule has 0 saturated heterocycles. The quantitative estimate of drug-likeness (QED) is 0.640. The van der Waals surface area contributed by atoms with E-state index >= 15 is 0 Å². The predicted molar refractivity (Wildman–Crippen MR) is 83.7 cm³/mol. The van der Waals surface area contributed by atoms with E-state index in [1.807, 2.05) is 0 Å². The molecule has 0 spiro atoms. The highest BCUT2D eigenvalue weighted by atomic mass is 16.5. The molecule has 1 aromatic heterocycles. The molecule has 23 heavy (non-hydrogen) atoms. The molecule has 5 nitrogen and oxygen atoms in total. The van der Waals surface area contributed by atoms with Gasteiger partial charge in [0.25, 0.3) is 0 Å². The van der Waals surface area contributed by atoms with E-state index in [9.17, 15) is 9.59 Å². The van der Waals surface area contributed by atoms with Gasteiger partial charge in [-0.25, -0.2) is 0 Å². The summed E-state index contributed by atoms with van der Waals surface area (Å²) in [6.45, 7) is 5.36. The van der Waals surface area contributed by atoms with Crippen molar-refractivity contribution in [2.45, 2.75) is 46.0 Å². The molecule has 2 aromatic rings. The van der Waals surface area contributed by atoms with Crippen molar-refractivity contribution in [3.8, 4) is 5.75 Å². The second kappa shape index (κ2) is 5.99. The van der Waals surface area contributed by atoms with E-state index in [0.717, 1.165) is 24.0 Å². The van der Waals surface area contributed by atoms with Gasteiger partial charge in [0.15, 0.2) is 5.78 Å². The Morgan fingerprint density at radius 2 is 2.09 bits per heavy atom. The average Bonchev–Trinajstić information content (AvgIpc) is 2.86. The lowest BCUT2D eigenvalue weighted by molar-refractivity contribution is -0.135. The molecule has 1 aliphatic carbocycles. The van der Waals surface area contributed by atoms with Gasteiger partial charge in [-0.3, -0.25) is 9.59 Å². The monoisotopic (exact) mass is 313 g/mol. The molecule has 1 aromatic carbocycles. The number of ketones is 1. The third kappa shape index (κ3) is 2.79. The number of carbonyl (C=O) groups excluding carboxylic acids is 2. The van der Waals surface area contributed by atoms with Gasteiger partial charge in [-0.05, 0) is 39.7 Å². The molecular formula is C18H19NO4. The van der Waals surface area contributed by atoms with Gasteiger partial charge in [0.1, 0.15) is 11.5 Å². The van der Waals surface area contributed by atoms with Gasteiger partial charge in [0.2, 0.25) is 0 Å². The van der Waals surface area contributed by atoms with Crippen molar-refractivity contribution in [3.05, 3.63) is 46.3 Å². The van der Waals surface area contributed by atoms with Crippen LogP contribution in [0.4, 0.5) is 0 Å². The second-order valence-electron chi connectivity index (χ2n) is 5.94. The molecule has 0 radical (unpaired) electrons. The van der Waals surface area contributed by atoms with Gasteiger partial charge in [-0.1, -0.05) is 17.3 Å². The molecule has 0 saturated carbocycles. The highest BCUT2D eigenvalue weighted by Gasteiger charge is 2.27. The first-order valence-electron chi connectivity index (χ1n) is 7.78. The van der Waals surface area contributed by atoms with Gasteiger partial charge >= 0.3 is 5.97 Å². The number of ether oxygens (including phenoxy) is 1. The summed E-state index contributed by atoms with van der Waals surface area (Å²) in [7, 11) is 0. The van der Waals surface area contributed by atoms with E-state index < -0.39 is 5.92 Å². The molecule has 0 fully saturated rings. The van der Waals surface area contributed by atoms with Crippen molar-refractivity contribution in [2.24, 2.45) is 0 Å². The van der Waals surface area contributed by atoms with Crippen LogP contribution in [0.15, 0.2) is 22.7 Å². The van der Waals surface area contributed by atoms with Crippen molar-refractivity contribution in [3.63, 3.8) is 0 Å². The largest absolute Gasteiger partial charge is 0.426 e. The van der Waals surface area contributed by atoms with E-state index in [1.54, 1.807) is 39.0 Å². The van der Waals surface area contributed by atoms with Gasteiger partial charge < -0.3 is 9.26 Å². The van der Waals surface area contributed by atoms with Gasteiger partial charge in [-0.15, -0.1) is 0 Å². The number of fused-ring (bicyclic) bond motifs is 1. The van der Waals surface area contributed by atoms with Crippen LogP contribution in [0.3, 0.4) is 0 Å². The van der Waals surface area contributed by atoms with Crippen LogP contribution >= 0.6 is 0 Å². The van der Waals surface area contributed by atoms with Crippen LogP contribution in [0.25, 0.3) is 0 Å². The maximum absolute atomic E-state index is 12.5. The fourth-order valence-corrected chi connectivity index (χ4v) is 3.16. The van der Waals surface area contributed by atoms with Gasteiger partial charge in [0.05, 0.1) is 11.6 Å². The van der Waals surface area contributed by atoms with Crippen LogP contribution in [-0.4, -0.2) is 16.9 Å². The molecule has 1 atom stereocenters. The molecule has 5 heteroatoms. The predicted octanol–water partition coefficient (Wildman–Crippen LogP) is 3.52. The zero-order chi connectivity index (χ0) is 16.6. The fourth-order valence-electron chi connectivity index (χ4n) is 3.16. The third-order valence-electron chi connectivity index (χ3n) is 4.35. The lowest BCUT2D eigenvalue weighted by Gasteiger charge is -2.19. The summed E-state index contributed by atoms with van der Waals surface area (Å²) in [5.74, 6) is 0.376. The summed E-state index contributed by atoms with van der Waals surface area (Å²) in [4.78, 5) is 24.5. The van der Waals surface area contributed by atoms with Crippen molar-refractivity contribution in [1.82, 2.24) is 5.16 Å². The van der Waals surface area contributed by atoms with Crippen LogP contribution in [0, 0.1) is 13.8 Å². The van der Waals surface area contributed by atoms with Gasteiger partial charge in [0, 0.05) is 23.1 Å². The van der Waals surface area contributed by atoms with E-state index in [1.165, 1.54) is 0 Å². The Kier molecular flexibility index (Phi) is 4.03. The number of carbonyl (C=O) groups is 2. The number of aromatic nitrogens is 1. The normalized spacial score (nSPS) is 15.2. The molecule has 0 N–H and O–H groups in total. The van der Waals surface area contributed by atoms with Crippen LogP contribution in [-0.2, 0) is 11.2 Å². The second-order valence-corrected chi connectivity index (χ2v) is 5.94. The summed E-state index contributed by atoms with van der Waals surface area (Å²) >= 11 is 0. The summed E-state index contributed by atoms with van der Waals surface area (Å²) < 4.78 is 10.7. The number of rotatable bonds is 3. The molecule has 0 unspecified atom stereocenters. The van der Waals surface area contributed by atoms with Crippen LogP contribution in [0.5, 0.6) is 5.75 Å². The SMILES string of the molecule is Cc1noc(C)c1[C@@H](C)C(=O)Oc1cccc2c1CCCC2=O. The van der Waals surface area contributed by atoms with Crippen molar-refractivity contribution in [1.29, 1.82) is 0 Å². The third-order valence-corrected chi connectivity index (χ3v) is 4.35. The first-order chi connectivity index (χ1) is 11.0. The zero-order valence-electron chi connectivity index (χ0n) is 13.5. The Hall–Kier alpha value is -2.43. The fraction of sp³-hybridized carbons (Fsp3) is 0.389. The number of Topliss-reactive ketones (excluding diaryl/α,β-unsaturated/α-hetero) is 1. The van der Waals surface area contributed by atoms with E-state index in [0.29, 0.717) is 29.2 Å². The van der Waals surface area contributed by atoms with Crippen LogP contribution in [0.2, 0.25) is 0 Å². The molecule has 1 heterocycles. The Balaban J connectivity index is 1.87. The number of aryl methyl sites for hydroxylation is 2. The summed E-state index contributed by atoms with van der Waals surface area (Å²) in [5.41, 5.74) is 2.96. The number of hydrogen-bond donors (Lipinski definition) is 0. The first kappa shape index (κ1) is 15.5. The van der Waals surface area contributed by atoms with E-state index in [-0.39, 0.29) is 11.8 Å². The lowest BCUT2D eigenvalue weighted by Crippen LogP contribution is -2.19. The minimum absolute atomic E-state index is 0.114. The highest BCUT2D eigenvalue weighted by Crippen LogP contribution is 2.31. The first-order valence-corrected chi connectivity index (χ1v) is 7.78. The van der Waals surface area contributed by atoms with Crippen molar-refractivity contribution >= 4 is 11.8 Å². The number of hydrogen-bond acceptors (Lipinski definition) is 5. The summed E-state index contributed by atoms with van der Waals surface area (Å²) in [5, 5.41) is 3.88. The van der Waals surface area contributed by atoms with Crippen LogP contribution in [0.1, 0.15) is 58.6 Å². The molecule has 0 aliphatic heterocycles. The maximum Gasteiger partial charge on any atom is 0.318 e. The summed E-state index contributed by atoms with van der Waals surface area (Å²) in [6.07, 6.45) is 2.10. The zero-order valence-corrected chi connectivity index (χ0v) is 13.5. The molecule has 0 amide bonds. The van der Waals surface area contributed by atoms with Crippen LogP contribution < -0.4 is 4.74 Å². The Morgan fingerprint density at radius 1 is 1.30 bits per heavy atom. The van der Waals surface area contributed by atoms with Crippen molar-refractivity contribution in [2.75, 3.05) is 0 Å². The number of nitrogens with zero attached hydrogens (tertiary/aromatic N) is 1. The molecule has 0 bridgehead atoms. The summed E-state index contributed by atoms with van der Waals surface area (Å²) in [6, 6.07) is 5.30. The smallest absolute Gasteiger partial charge is 0.318 e. The minimum atomic E-state index is -0.476. The molecular weight excluding hydrogens is 294 g/mol. The lowest BCUT2D eigenvalue weighted by atomic mass is 9.90. The van der Waals surface area contributed by atoms with Crippen molar-refractivity contribution < 1.29 is 18.8 Å². The Bertz CT molecular complexity index is 756. The topological polar surface area (TPSA) is 69.4 Å². The average molecular weight is 313 g/mol. The maximum atomic E-state index is 12.5. The van der Waals surface area contributed by atoms with E-state index in [4.69, 9.17) is 9.26 Å². The Morgan fingerprint density at radius 3 is 2.78 bits per heavy atom. The number of esters is 1. The molecule has 120 valence electrons. The Labute approximate surface area is 134 Å². The molecule has 3 rings (SSSR count). The molecule has 1 aliphatic rings. The number of benzene rings is 1. The van der Waals surface area contributed by atoms with Gasteiger partial charge in [-0.2, -0.15) is 0 Å². The van der Waals surface area contributed by atoms with E-state index in [2.05, 4.69) is 5.16 Å². The minimum Gasteiger partial charge on any atom is -0.426 e. The standard InChI is InChI=1S/C18H19NO4/c1-10(17-11(2)19-23-12(17)3)18(21)22-16-9-5-6-13-14(16)7-4-8-15(13)20/h5-6,9-10H,4,7-8H2,1-3H3/t10-/m1/s1.